The number of nitrogens with zero attached hydrogens (tertiary/aromatic N) is 1. The Morgan fingerprint density at radius 2 is 2.31 bits per heavy atom. The van der Waals surface area contributed by atoms with Crippen LogP contribution >= 0.6 is 0 Å². The minimum atomic E-state index is -0.0997. The third-order valence-corrected chi connectivity index (χ3v) is 3.12. The zero-order valence-corrected chi connectivity index (χ0v) is 10.4. The molecule has 2 atom stereocenters. The molecule has 0 saturated heterocycles. The highest BCUT2D eigenvalue weighted by molar-refractivity contribution is 5.79. The van der Waals surface area contributed by atoms with E-state index in [0.717, 1.165) is 13.0 Å². The Labute approximate surface area is 97.4 Å². The lowest BCUT2D eigenvalue weighted by atomic mass is 10.0. The van der Waals surface area contributed by atoms with Crippen molar-refractivity contribution < 1.29 is 9.53 Å². The summed E-state index contributed by atoms with van der Waals surface area (Å²) in [5, 5.41) is 0. The number of hydrogen-bond donors (Lipinski definition) is 1. The molecule has 1 aliphatic heterocycles. The molecule has 0 bridgehead atoms. The van der Waals surface area contributed by atoms with Gasteiger partial charge < -0.3 is 15.4 Å². The average molecular weight is 226 g/mol. The molecule has 0 saturated carbocycles. The van der Waals surface area contributed by atoms with Crippen LogP contribution in [0.4, 0.5) is 0 Å². The van der Waals surface area contributed by atoms with E-state index in [-0.39, 0.29) is 17.9 Å². The molecule has 4 nitrogen and oxygen atoms in total. The molecule has 92 valence electrons. The SMILES string of the molecule is COCC1=CCN(C(=O)C(C)C(C)N)CC1. The van der Waals surface area contributed by atoms with E-state index in [1.807, 2.05) is 18.7 Å². The summed E-state index contributed by atoms with van der Waals surface area (Å²) >= 11 is 0. The van der Waals surface area contributed by atoms with Crippen LogP contribution < -0.4 is 5.73 Å². The van der Waals surface area contributed by atoms with E-state index in [4.69, 9.17) is 10.5 Å². The van der Waals surface area contributed by atoms with Crippen molar-refractivity contribution in [3.05, 3.63) is 11.6 Å². The first-order valence-electron chi connectivity index (χ1n) is 5.77. The molecular formula is C12H22N2O2. The molecule has 2 unspecified atom stereocenters. The monoisotopic (exact) mass is 226 g/mol. The molecule has 0 spiro atoms. The van der Waals surface area contributed by atoms with Gasteiger partial charge in [0.2, 0.25) is 5.91 Å². The van der Waals surface area contributed by atoms with Crippen molar-refractivity contribution in [1.82, 2.24) is 4.90 Å². The Morgan fingerprint density at radius 1 is 1.62 bits per heavy atom. The first kappa shape index (κ1) is 13.2. The largest absolute Gasteiger partial charge is 0.380 e. The van der Waals surface area contributed by atoms with Crippen LogP contribution in [-0.2, 0) is 9.53 Å². The van der Waals surface area contributed by atoms with E-state index in [1.54, 1.807) is 7.11 Å². The van der Waals surface area contributed by atoms with Crippen LogP contribution in [0, 0.1) is 5.92 Å². The van der Waals surface area contributed by atoms with Gasteiger partial charge in [0.25, 0.3) is 0 Å². The second kappa shape index (κ2) is 6.01. The number of hydrogen-bond acceptors (Lipinski definition) is 3. The summed E-state index contributed by atoms with van der Waals surface area (Å²) in [5.74, 6) is 0.0556. The van der Waals surface area contributed by atoms with Crippen LogP contribution in [0.2, 0.25) is 0 Å². The summed E-state index contributed by atoms with van der Waals surface area (Å²) < 4.78 is 5.07. The molecule has 0 aromatic carbocycles. The van der Waals surface area contributed by atoms with E-state index in [2.05, 4.69) is 6.08 Å². The van der Waals surface area contributed by atoms with Gasteiger partial charge in [-0.1, -0.05) is 13.0 Å². The Balaban J connectivity index is 2.50. The van der Waals surface area contributed by atoms with Gasteiger partial charge in [0, 0.05) is 26.2 Å². The minimum Gasteiger partial charge on any atom is -0.380 e. The standard InChI is InChI=1S/C12H22N2O2/c1-9(10(2)13)12(15)14-6-4-11(5-7-14)8-16-3/h4,9-10H,5-8,13H2,1-3H3. The fourth-order valence-corrected chi connectivity index (χ4v) is 1.74. The highest BCUT2D eigenvalue weighted by Gasteiger charge is 2.24. The van der Waals surface area contributed by atoms with Gasteiger partial charge >= 0.3 is 0 Å². The third kappa shape index (κ3) is 3.32. The molecule has 0 aliphatic carbocycles. The molecule has 1 aliphatic rings. The quantitative estimate of drug-likeness (QED) is 0.721. The molecule has 4 heteroatoms. The van der Waals surface area contributed by atoms with Crippen molar-refractivity contribution in [2.45, 2.75) is 26.3 Å². The van der Waals surface area contributed by atoms with Gasteiger partial charge in [0.15, 0.2) is 0 Å². The fourth-order valence-electron chi connectivity index (χ4n) is 1.74. The second-order valence-electron chi connectivity index (χ2n) is 4.48. The number of nitrogens with two attached hydrogens (primary N) is 1. The van der Waals surface area contributed by atoms with E-state index >= 15 is 0 Å². The fraction of sp³-hybridized carbons (Fsp3) is 0.750. The average Bonchev–Trinajstić information content (AvgIpc) is 2.28. The van der Waals surface area contributed by atoms with Crippen LogP contribution in [0.3, 0.4) is 0 Å². The Morgan fingerprint density at radius 3 is 2.75 bits per heavy atom. The summed E-state index contributed by atoms with van der Waals surface area (Å²) in [6.07, 6.45) is 2.99. The molecular weight excluding hydrogens is 204 g/mol. The first-order valence-corrected chi connectivity index (χ1v) is 5.77. The molecule has 2 N–H and O–H groups in total. The molecule has 16 heavy (non-hydrogen) atoms. The molecule has 0 radical (unpaired) electrons. The lowest BCUT2D eigenvalue weighted by molar-refractivity contribution is -0.135. The van der Waals surface area contributed by atoms with Crippen LogP contribution in [0.25, 0.3) is 0 Å². The summed E-state index contributed by atoms with van der Waals surface area (Å²) in [6.45, 7) is 5.91. The van der Waals surface area contributed by atoms with Crippen LogP contribution in [0.1, 0.15) is 20.3 Å². The van der Waals surface area contributed by atoms with Gasteiger partial charge in [-0.15, -0.1) is 0 Å². The maximum Gasteiger partial charge on any atom is 0.227 e. The van der Waals surface area contributed by atoms with E-state index in [0.29, 0.717) is 13.2 Å². The maximum absolute atomic E-state index is 12.0. The van der Waals surface area contributed by atoms with Crippen LogP contribution in [-0.4, -0.2) is 43.7 Å². The van der Waals surface area contributed by atoms with Gasteiger partial charge in [-0.3, -0.25) is 4.79 Å². The first-order chi connectivity index (χ1) is 7.56. The predicted octanol–water partition coefficient (Wildman–Crippen LogP) is 0.775. The van der Waals surface area contributed by atoms with Crippen LogP contribution in [0.15, 0.2) is 11.6 Å². The van der Waals surface area contributed by atoms with Crippen LogP contribution in [0.5, 0.6) is 0 Å². The Bertz CT molecular complexity index is 274. The third-order valence-electron chi connectivity index (χ3n) is 3.12. The Hall–Kier alpha value is -0.870. The summed E-state index contributed by atoms with van der Waals surface area (Å²) in [6, 6.07) is -0.0862. The molecule has 0 aromatic rings. The highest BCUT2D eigenvalue weighted by Crippen LogP contribution is 2.14. The summed E-state index contributed by atoms with van der Waals surface area (Å²) in [7, 11) is 1.69. The van der Waals surface area contributed by atoms with E-state index in [9.17, 15) is 4.79 Å². The van der Waals surface area contributed by atoms with E-state index < -0.39 is 0 Å². The highest BCUT2D eigenvalue weighted by atomic mass is 16.5. The second-order valence-corrected chi connectivity index (χ2v) is 4.48. The topological polar surface area (TPSA) is 55.6 Å². The van der Waals surface area contributed by atoms with Crippen molar-refractivity contribution in [3.63, 3.8) is 0 Å². The number of carbonyl (C=O) groups is 1. The van der Waals surface area contributed by atoms with Gasteiger partial charge in [-0.2, -0.15) is 0 Å². The van der Waals surface area contributed by atoms with Crippen molar-refractivity contribution in [2.24, 2.45) is 11.7 Å². The molecule has 1 heterocycles. The normalized spacial score (nSPS) is 20.2. The molecule has 0 aromatic heterocycles. The van der Waals surface area contributed by atoms with Gasteiger partial charge in [-0.05, 0) is 18.9 Å². The van der Waals surface area contributed by atoms with Crippen molar-refractivity contribution >= 4 is 5.91 Å². The van der Waals surface area contributed by atoms with Crippen molar-refractivity contribution in [2.75, 3.05) is 26.8 Å². The number of ether oxygens (including phenoxy) is 1. The summed E-state index contributed by atoms with van der Waals surface area (Å²) in [5.41, 5.74) is 7.01. The zero-order valence-electron chi connectivity index (χ0n) is 10.4. The minimum absolute atomic E-state index is 0.0862. The van der Waals surface area contributed by atoms with E-state index in [1.165, 1.54) is 5.57 Å². The lowest BCUT2D eigenvalue weighted by Gasteiger charge is -2.29. The van der Waals surface area contributed by atoms with Crippen molar-refractivity contribution in [1.29, 1.82) is 0 Å². The van der Waals surface area contributed by atoms with Crippen molar-refractivity contribution in [3.8, 4) is 0 Å². The van der Waals surface area contributed by atoms with Gasteiger partial charge in [0.05, 0.1) is 12.5 Å². The predicted molar refractivity (Wildman–Crippen MR) is 64.0 cm³/mol. The maximum atomic E-state index is 12.0. The number of amides is 1. The molecule has 1 rings (SSSR count). The van der Waals surface area contributed by atoms with Gasteiger partial charge in [0.1, 0.15) is 0 Å². The number of rotatable bonds is 4. The molecule has 0 fully saturated rings. The summed E-state index contributed by atoms with van der Waals surface area (Å²) in [4.78, 5) is 13.9. The number of methoxy groups -OCH3 is 1. The zero-order chi connectivity index (χ0) is 12.1. The molecule has 1 amide bonds. The van der Waals surface area contributed by atoms with Gasteiger partial charge in [-0.25, -0.2) is 0 Å². The number of carbonyl (C=O) groups excluding carboxylic acids is 1. The smallest absolute Gasteiger partial charge is 0.227 e. The lowest BCUT2D eigenvalue weighted by Crippen LogP contribution is -2.43. The Kier molecular flexibility index (Phi) is 4.96.